The lowest BCUT2D eigenvalue weighted by molar-refractivity contribution is 0.0706. The Hall–Kier alpha value is -3.11. The Morgan fingerprint density at radius 1 is 1.10 bits per heavy atom. The van der Waals surface area contributed by atoms with Gasteiger partial charge in [-0.1, -0.05) is 29.8 Å². The van der Waals surface area contributed by atoms with Crippen molar-refractivity contribution in [2.45, 2.75) is 25.7 Å². The third-order valence-corrected chi connectivity index (χ3v) is 6.14. The van der Waals surface area contributed by atoms with Crippen molar-refractivity contribution in [3.8, 4) is 11.3 Å². The van der Waals surface area contributed by atoms with Crippen molar-refractivity contribution in [3.05, 3.63) is 88.8 Å². The second-order valence-electron chi connectivity index (χ2n) is 8.16. The smallest absolute Gasteiger partial charge is 0.253 e. The quantitative estimate of drug-likeness (QED) is 0.374. The molecule has 0 aliphatic carbocycles. The Morgan fingerprint density at radius 2 is 1.97 bits per heavy atom. The van der Waals surface area contributed by atoms with E-state index in [1.54, 1.807) is 0 Å². The number of aryl methyl sites for hydroxylation is 1. The fourth-order valence-electron chi connectivity index (χ4n) is 4.38. The first-order valence-electron chi connectivity index (χ1n) is 10.6. The number of benzene rings is 2. The number of likely N-dealkylation sites (tertiary alicyclic amines) is 1. The summed E-state index contributed by atoms with van der Waals surface area (Å²) in [4.78, 5) is 20.1. The fraction of sp³-hybridized carbons (Fsp3) is 0.231. The van der Waals surface area contributed by atoms with Crippen LogP contribution in [0.1, 0.15) is 40.6 Å². The average molecular weight is 431 g/mol. The Bertz CT molecular complexity index is 1260. The molecule has 31 heavy (non-hydrogen) atoms. The molecular formula is C26H23ClN2O2. The van der Waals surface area contributed by atoms with Crippen LogP contribution >= 0.6 is 11.6 Å². The van der Waals surface area contributed by atoms with Crippen LogP contribution in [0, 0.1) is 6.92 Å². The van der Waals surface area contributed by atoms with E-state index in [4.69, 9.17) is 21.0 Å². The Balaban J connectivity index is 1.37. The van der Waals surface area contributed by atoms with E-state index < -0.39 is 0 Å². The molecule has 1 aliphatic heterocycles. The van der Waals surface area contributed by atoms with E-state index in [-0.39, 0.29) is 11.8 Å². The molecule has 3 heterocycles. The van der Waals surface area contributed by atoms with Crippen molar-refractivity contribution < 1.29 is 9.21 Å². The molecule has 1 atom stereocenters. The molecule has 1 unspecified atom stereocenters. The number of furan rings is 1. The van der Waals surface area contributed by atoms with Crippen LogP contribution in [0.3, 0.4) is 0 Å². The van der Waals surface area contributed by atoms with Crippen molar-refractivity contribution >= 4 is 28.5 Å². The lowest BCUT2D eigenvalue weighted by Gasteiger charge is -2.32. The maximum atomic E-state index is 13.2. The minimum atomic E-state index is 0.0662. The summed E-state index contributed by atoms with van der Waals surface area (Å²) in [6, 6.07) is 21.5. The number of piperidine rings is 1. The zero-order valence-corrected chi connectivity index (χ0v) is 18.1. The summed E-state index contributed by atoms with van der Waals surface area (Å²) >= 11 is 6.16. The largest absolute Gasteiger partial charge is 0.461 e. The van der Waals surface area contributed by atoms with Gasteiger partial charge in [0.25, 0.3) is 5.91 Å². The van der Waals surface area contributed by atoms with Crippen molar-refractivity contribution in [3.63, 3.8) is 0 Å². The van der Waals surface area contributed by atoms with Gasteiger partial charge in [-0.05, 0) is 68.3 Å². The molecular weight excluding hydrogens is 408 g/mol. The summed E-state index contributed by atoms with van der Waals surface area (Å²) in [7, 11) is 0. The maximum Gasteiger partial charge on any atom is 0.253 e. The van der Waals surface area contributed by atoms with Crippen LogP contribution in [-0.2, 0) is 0 Å². The molecule has 0 saturated carbocycles. The molecule has 2 aromatic heterocycles. The lowest BCUT2D eigenvalue weighted by atomic mass is 9.93. The van der Waals surface area contributed by atoms with Gasteiger partial charge in [0.2, 0.25) is 0 Å². The Morgan fingerprint density at radius 3 is 2.84 bits per heavy atom. The maximum absolute atomic E-state index is 13.2. The molecule has 0 spiro atoms. The van der Waals surface area contributed by atoms with Crippen molar-refractivity contribution in [2.24, 2.45) is 0 Å². The number of hydrogen-bond donors (Lipinski definition) is 0. The molecule has 4 nitrogen and oxygen atoms in total. The number of nitrogens with zero attached hydrogens (tertiary/aromatic N) is 2. The van der Waals surface area contributed by atoms with Crippen LogP contribution in [0.2, 0.25) is 5.02 Å². The van der Waals surface area contributed by atoms with E-state index >= 15 is 0 Å². The number of halogens is 1. The number of pyridine rings is 1. The van der Waals surface area contributed by atoms with Gasteiger partial charge >= 0.3 is 0 Å². The first-order chi connectivity index (χ1) is 15.1. The number of rotatable bonds is 3. The monoisotopic (exact) mass is 430 g/mol. The number of amides is 1. The molecule has 4 aromatic rings. The zero-order valence-electron chi connectivity index (χ0n) is 17.3. The van der Waals surface area contributed by atoms with E-state index in [1.165, 1.54) is 0 Å². The van der Waals surface area contributed by atoms with E-state index in [2.05, 4.69) is 6.07 Å². The van der Waals surface area contributed by atoms with Gasteiger partial charge in [0.05, 0.1) is 5.69 Å². The predicted molar refractivity (Wildman–Crippen MR) is 124 cm³/mol. The summed E-state index contributed by atoms with van der Waals surface area (Å²) < 4.78 is 5.64. The highest BCUT2D eigenvalue weighted by molar-refractivity contribution is 6.30. The van der Waals surface area contributed by atoms with Gasteiger partial charge in [-0.15, -0.1) is 0 Å². The third kappa shape index (κ3) is 4.08. The number of carbonyl (C=O) groups is 1. The van der Waals surface area contributed by atoms with Crippen molar-refractivity contribution in [1.82, 2.24) is 9.88 Å². The molecule has 1 fully saturated rings. The molecule has 5 rings (SSSR count). The minimum Gasteiger partial charge on any atom is -0.461 e. The molecule has 2 aromatic carbocycles. The summed E-state index contributed by atoms with van der Waals surface area (Å²) in [6.07, 6.45) is 1.99. The van der Waals surface area contributed by atoms with Crippen LogP contribution in [0.5, 0.6) is 0 Å². The predicted octanol–water partition coefficient (Wildman–Crippen LogP) is 6.48. The Kier molecular flexibility index (Phi) is 5.24. The zero-order chi connectivity index (χ0) is 21.4. The molecule has 1 amide bonds. The first kappa shape index (κ1) is 19.8. The van der Waals surface area contributed by atoms with Gasteiger partial charge in [-0.3, -0.25) is 9.78 Å². The fourth-order valence-corrected chi connectivity index (χ4v) is 4.57. The van der Waals surface area contributed by atoms with Crippen molar-refractivity contribution in [1.29, 1.82) is 0 Å². The lowest BCUT2D eigenvalue weighted by Crippen LogP contribution is -2.39. The van der Waals surface area contributed by atoms with Gasteiger partial charge in [0.1, 0.15) is 11.3 Å². The van der Waals surface area contributed by atoms with Crippen LogP contribution in [0.25, 0.3) is 22.2 Å². The summed E-state index contributed by atoms with van der Waals surface area (Å²) in [6.45, 7) is 3.36. The first-order valence-corrected chi connectivity index (χ1v) is 11.0. The van der Waals surface area contributed by atoms with Crippen molar-refractivity contribution in [2.75, 3.05) is 13.1 Å². The number of fused-ring (bicyclic) bond motifs is 1. The highest BCUT2D eigenvalue weighted by Crippen LogP contribution is 2.30. The number of hydrogen-bond acceptors (Lipinski definition) is 3. The molecule has 1 aliphatic rings. The van der Waals surface area contributed by atoms with Gasteiger partial charge in [0.15, 0.2) is 0 Å². The van der Waals surface area contributed by atoms with E-state index in [9.17, 15) is 4.79 Å². The van der Waals surface area contributed by atoms with Gasteiger partial charge < -0.3 is 9.32 Å². The molecule has 5 heteroatoms. The molecule has 0 bridgehead atoms. The SMILES string of the molecule is Cc1cc2cc(C(=O)N3CCCC(c4cccc(-c5cccc(Cl)c5)n4)C3)ccc2o1. The summed E-state index contributed by atoms with van der Waals surface area (Å²) in [5, 5.41) is 1.66. The molecule has 156 valence electrons. The average Bonchev–Trinajstić information content (AvgIpc) is 3.18. The normalized spacial score (nSPS) is 16.6. The number of carbonyl (C=O) groups excluding carboxylic acids is 1. The Labute approximate surface area is 186 Å². The summed E-state index contributed by atoms with van der Waals surface area (Å²) in [5.41, 5.74) is 4.45. The van der Waals surface area contributed by atoms with Crippen LogP contribution in [0.4, 0.5) is 0 Å². The second kappa shape index (κ2) is 8.20. The highest BCUT2D eigenvalue weighted by Gasteiger charge is 2.26. The molecule has 1 saturated heterocycles. The van der Waals surface area contributed by atoms with Crippen LogP contribution in [-0.4, -0.2) is 28.9 Å². The second-order valence-corrected chi connectivity index (χ2v) is 8.59. The topological polar surface area (TPSA) is 46.3 Å². The third-order valence-electron chi connectivity index (χ3n) is 5.90. The number of aromatic nitrogens is 1. The van der Waals surface area contributed by atoms with E-state index in [0.29, 0.717) is 17.1 Å². The summed E-state index contributed by atoms with van der Waals surface area (Å²) in [5.74, 6) is 1.14. The molecule has 0 radical (unpaired) electrons. The van der Waals surface area contributed by atoms with Crippen LogP contribution < -0.4 is 0 Å². The van der Waals surface area contributed by atoms with Gasteiger partial charge in [0, 0.05) is 46.2 Å². The van der Waals surface area contributed by atoms with Gasteiger partial charge in [-0.2, -0.15) is 0 Å². The van der Waals surface area contributed by atoms with Gasteiger partial charge in [-0.25, -0.2) is 0 Å². The standard InChI is InChI=1S/C26H23ClN2O2/c1-17-13-21-14-19(10-11-25(21)31-17)26(30)29-12-4-6-20(16-29)24-9-3-8-23(28-24)18-5-2-7-22(27)15-18/h2-3,5,7-11,13-15,20H,4,6,12,16H2,1H3. The van der Waals surface area contributed by atoms with E-state index in [1.807, 2.05) is 72.5 Å². The van der Waals surface area contributed by atoms with E-state index in [0.717, 1.165) is 53.1 Å². The minimum absolute atomic E-state index is 0.0662. The van der Waals surface area contributed by atoms with Crippen LogP contribution in [0.15, 0.2) is 71.1 Å². The highest BCUT2D eigenvalue weighted by atomic mass is 35.5. The molecule has 0 N–H and O–H groups in total.